The van der Waals surface area contributed by atoms with Gasteiger partial charge in [-0.25, -0.2) is 9.78 Å². The van der Waals surface area contributed by atoms with Crippen LogP contribution >= 0.6 is 0 Å². The smallest absolute Gasteiger partial charge is 0.471 e. The number of rotatable bonds is 2. The van der Waals surface area contributed by atoms with Crippen molar-refractivity contribution in [2.75, 3.05) is 5.32 Å². The summed E-state index contributed by atoms with van der Waals surface area (Å²) in [6.45, 7) is 0. The second-order valence-electron chi connectivity index (χ2n) is 2.29. The van der Waals surface area contributed by atoms with Crippen LogP contribution in [-0.2, 0) is 4.79 Å². The van der Waals surface area contributed by atoms with E-state index in [0.29, 0.717) is 6.20 Å². The molecule has 0 aromatic carbocycles. The summed E-state index contributed by atoms with van der Waals surface area (Å²) in [5.74, 6) is -4.47. The van der Waals surface area contributed by atoms with Gasteiger partial charge in [0.15, 0.2) is 0 Å². The Morgan fingerprint density at radius 1 is 1.47 bits per heavy atom. The van der Waals surface area contributed by atoms with Gasteiger partial charge in [-0.15, -0.1) is 0 Å². The van der Waals surface area contributed by atoms with E-state index in [-0.39, 0.29) is 0 Å². The molecule has 0 fully saturated rings. The minimum Gasteiger partial charge on any atom is -0.475 e. The van der Waals surface area contributed by atoms with Crippen molar-refractivity contribution in [2.45, 2.75) is 6.18 Å². The largest absolute Gasteiger partial charge is 0.475 e. The van der Waals surface area contributed by atoms with Gasteiger partial charge in [0, 0.05) is 0 Å². The molecular formula is C6H3F3N2O4. The Bertz CT molecular complexity index is 397. The molecule has 1 aromatic rings. The molecule has 1 amide bonds. The second kappa shape index (κ2) is 3.59. The van der Waals surface area contributed by atoms with Crippen molar-refractivity contribution in [1.82, 2.24) is 4.98 Å². The maximum atomic E-state index is 11.7. The van der Waals surface area contributed by atoms with Gasteiger partial charge in [0.25, 0.3) is 0 Å². The third-order valence-electron chi connectivity index (χ3n) is 1.19. The van der Waals surface area contributed by atoms with Crippen molar-refractivity contribution in [2.24, 2.45) is 0 Å². The van der Waals surface area contributed by atoms with Gasteiger partial charge in [-0.1, -0.05) is 0 Å². The van der Waals surface area contributed by atoms with Gasteiger partial charge >= 0.3 is 24.1 Å². The number of alkyl halides is 3. The number of aromatic carboxylic acids is 1. The van der Waals surface area contributed by atoms with Crippen molar-refractivity contribution in [1.29, 1.82) is 0 Å². The molecule has 0 saturated heterocycles. The first kappa shape index (κ1) is 11.0. The third kappa shape index (κ3) is 2.69. The lowest BCUT2D eigenvalue weighted by molar-refractivity contribution is -0.167. The van der Waals surface area contributed by atoms with Crippen LogP contribution in [0.25, 0.3) is 0 Å². The van der Waals surface area contributed by atoms with Crippen LogP contribution in [0.15, 0.2) is 10.6 Å². The van der Waals surface area contributed by atoms with E-state index in [4.69, 9.17) is 5.11 Å². The number of carboxylic acid groups (broad SMARTS) is 1. The van der Waals surface area contributed by atoms with Crippen LogP contribution < -0.4 is 5.32 Å². The summed E-state index contributed by atoms with van der Waals surface area (Å²) in [7, 11) is 0. The number of carbonyl (C=O) groups is 2. The minimum atomic E-state index is -5.09. The Kier molecular flexibility index (Phi) is 2.64. The van der Waals surface area contributed by atoms with E-state index in [1.54, 1.807) is 0 Å². The van der Waals surface area contributed by atoms with E-state index in [1.807, 2.05) is 0 Å². The van der Waals surface area contributed by atoms with Crippen LogP contribution in [0, 0.1) is 0 Å². The summed E-state index contributed by atoms with van der Waals surface area (Å²) in [6.07, 6.45) is -4.41. The first-order chi connectivity index (χ1) is 6.80. The number of carboxylic acids is 1. The molecule has 0 saturated carbocycles. The van der Waals surface area contributed by atoms with Crippen molar-refractivity contribution in [3.05, 3.63) is 12.0 Å². The Morgan fingerprint density at radius 3 is 2.47 bits per heavy atom. The predicted octanol–water partition coefficient (Wildman–Crippen LogP) is 0.874. The highest BCUT2D eigenvalue weighted by Gasteiger charge is 2.39. The number of aromatic nitrogens is 1. The van der Waals surface area contributed by atoms with E-state index >= 15 is 0 Å². The highest BCUT2D eigenvalue weighted by molar-refractivity contribution is 5.93. The van der Waals surface area contributed by atoms with Gasteiger partial charge in [0.2, 0.25) is 5.76 Å². The van der Waals surface area contributed by atoms with Crippen molar-refractivity contribution >= 4 is 17.9 Å². The zero-order valence-corrected chi connectivity index (χ0v) is 6.83. The molecule has 1 aromatic heterocycles. The van der Waals surface area contributed by atoms with Gasteiger partial charge in [-0.05, 0) is 0 Å². The molecule has 9 heteroatoms. The third-order valence-corrected chi connectivity index (χ3v) is 1.19. The Labute approximate surface area is 79.7 Å². The molecule has 0 aliphatic rings. The van der Waals surface area contributed by atoms with Crippen LogP contribution in [0.3, 0.4) is 0 Å². The fourth-order valence-electron chi connectivity index (χ4n) is 0.599. The topological polar surface area (TPSA) is 92.4 Å². The number of nitrogens with one attached hydrogen (secondary N) is 1. The number of amides is 1. The Hall–Kier alpha value is -2.06. The number of carbonyl (C=O) groups excluding carboxylic acids is 1. The molecule has 2 N–H and O–H groups in total. The highest BCUT2D eigenvalue weighted by atomic mass is 19.4. The minimum absolute atomic E-state index is 0.674. The number of nitrogens with zero attached hydrogens (tertiary/aromatic N) is 1. The van der Waals surface area contributed by atoms with Crippen LogP contribution in [0.5, 0.6) is 0 Å². The fourth-order valence-corrected chi connectivity index (χ4v) is 0.599. The van der Waals surface area contributed by atoms with Crippen LogP contribution in [-0.4, -0.2) is 28.1 Å². The predicted molar refractivity (Wildman–Crippen MR) is 38.1 cm³/mol. The molecule has 0 unspecified atom stereocenters. The molecule has 1 heterocycles. The molecule has 0 atom stereocenters. The summed E-state index contributed by atoms with van der Waals surface area (Å²) in [4.78, 5) is 23.7. The van der Waals surface area contributed by atoms with Gasteiger partial charge < -0.3 is 9.52 Å². The normalized spacial score (nSPS) is 11.1. The SMILES string of the molecule is O=C(O)c1cnc(NC(=O)C(F)(F)F)o1. The lowest BCUT2D eigenvalue weighted by Gasteiger charge is -2.03. The molecule has 0 aliphatic heterocycles. The van der Waals surface area contributed by atoms with E-state index in [9.17, 15) is 22.8 Å². The van der Waals surface area contributed by atoms with Gasteiger partial charge in [0.05, 0.1) is 6.20 Å². The highest BCUT2D eigenvalue weighted by Crippen LogP contribution is 2.18. The first-order valence-electron chi connectivity index (χ1n) is 3.38. The summed E-state index contributed by atoms with van der Waals surface area (Å²) in [6, 6.07) is -0.824. The average Bonchev–Trinajstić information content (AvgIpc) is 2.50. The summed E-state index contributed by atoms with van der Waals surface area (Å²) in [5.41, 5.74) is 0. The molecule has 1 rings (SSSR count). The quantitative estimate of drug-likeness (QED) is 0.777. The van der Waals surface area contributed by atoms with E-state index < -0.39 is 29.8 Å². The molecule has 0 radical (unpaired) electrons. The molecule has 6 nitrogen and oxygen atoms in total. The maximum Gasteiger partial charge on any atom is 0.471 e. The summed E-state index contributed by atoms with van der Waals surface area (Å²) in [5, 5.41) is 9.58. The van der Waals surface area contributed by atoms with Crippen molar-refractivity contribution < 1.29 is 32.3 Å². The van der Waals surface area contributed by atoms with Crippen molar-refractivity contribution in [3.63, 3.8) is 0 Å². The van der Waals surface area contributed by atoms with E-state index in [2.05, 4.69) is 9.40 Å². The molecule has 82 valence electrons. The molecular weight excluding hydrogens is 221 g/mol. The number of anilines is 1. The maximum absolute atomic E-state index is 11.7. The van der Waals surface area contributed by atoms with E-state index in [1.165, 1.54) is 5.32 Å². The first-order valence-corrected chi connectivity index (χ1v) is 3.38. The molecule has 0 bridgehead atoms. The van der Waals surface area contributed by atoms with Crippen molar-refractivity contribution in [3.8, 4) is 0 Å². The Morgan fingerprint density at radius 2 is 2.07 bits per heavy atom. The lowest BCUT2D eigenvalue weighted by atomic mass is 10.5. The van der Waals surface area contributed by atoms with Crippen LogP contribution in [0.1, 0.15) is 10.6 Å². The summed E-state index contributed by atoms with van der Waals surface area (Å²) >= 11 is 0. The molecule has 15 heavy (non-hydrogen) atoms. The zero-order valence-electron chi connectivity index (χ0n) is 6.83. The molecule has 0 aliphatic carbocycles. The Balaban J connectivity index is 2.74. The summed E-state index contributed by atoms with van der Waals surface area (Å²) < 4.78 is 39.4. The molecule has 0 spiro atoms. The fraction of sp³-hybridized carbons (Fsp3) is 0.167. The number of oxazole rings is 1. The standard InChI is InChI=1S/C6H3F3N2O4/c7-6(8,9)4(14)11-5-10-1-2(15-5)3(12)13/h1H,(H,12,13)(H,10,11,14). The monoisotopic (exact) mass is 224 g/mol. The van der Waals surface area contributed by atoms with E-state index in [0.717, 1.165) is 0 Å². The van der Waals surface area contributed by atoms with Gasteiger partial charge in [-0.3, -0.25) is 10.1 Å². The van der Waals surface area contributed by atoms with Gasteiger partial charge in [0.1, 0.15) is 0 Å². The number of hydrogen-bond donors (Lipinski definition) is 2. The zero-order chi connectivity index (χ0) is 11.6. The average molecular weight is 224 g/mol. The van der Waals surface area contributed by atoms with Crippen LogP contribution in [0.4, 0.5) is 19.2 Å². The lowest BCUT2D eigenvalue weighted by Crippen LogP contribution is -2.30. The van der Waals surface area contributed by atoms with Crippen LogP contribution in [0.2, 0.25) is 0 Å². The number of halogens is 3. The second-order valence-corrected chi connectivity index (χ2v) is 2.29. The number of hydrogen-bond acceptors (Lipinski definition) is 4. The van der Waals surface area contributed by atoms with Gasteiger partial charge in [-0.2, -0.15) is 13.2 Å².